The van der Waals surface area contributed by atoms with E-state index in [2.05, 4.69) is 5.32 Å². The number of benzene rings is 1. The van der Waals surface area contributed by atoms with E-state index in [9.17, 15) is 18.3 Å². The van der Waals surface area contributed by atoms with Gasteiger partial charge in [0, 0.05) is 6.26 Å². The molecule has 0 aliphatic heterocycles. The maximum Gasteiger partial charge on any atom is 0.260 e. The quantitative estimate of drug-likeness (QED) is 0.909. The van der Waals surface area contributed by atoms with Crippen molar-refractivity contribution in [3.8, 4) is 5.75 Å². The van der Waals surface area contributed by atoms with Crippen LogP contribution in [0, 0.1) is 0 Å². The van der Waals surface area contributed by atoms with Gasteiger partial charge in [-0.3, -0.25) is 4.79 Å². The molecule has 0 aliphatic carbocycles. The zero-order valence-corrected chi connectivity index (χ0v) is 11.6. The third-order valence-electron chi connectivity index (χ3n) is 2.33. The summed E-state index contributed by atoms with van der Waals surface area (Å²) in [5.41, 5.74) is 0.136. The van der Waals surface area contributed by atoms with Gasteiger partial charge < -0.3 is 10.4 Å². The van der Waals surface area contributed by atoms with Crippen molar-refractivity contribution in [2.24, 2.45) is 0 Å². The average Bonchev–Trinajstić information content (AvgIpc) is 2.77. The van der Waals surface area contributed by atoms with E-state index >= 15 is 0 Å². The van der Waals surface area contributed by atoms with Crippen LogP contribution in [0.2, 0.25) is 0 Å². The molecular weight excluding hydrogens is 286 g/mol. The predicted molar refractivity (Wildman–Crippen MR) is 73.5 cm³/mol. The second-order valence-corrected chi connectivity index (χ2v) is 7.19. The molecule has 100 valence electrons. The van der Waals surface area contributed by atoms with E-state index in [4.69, 9.17) is 0 Å². The lowest BCUT2D eigenvalue weighted by atomic mass is 10.2. The number of sulfone groups is 1. The Labute approximate surface area is 114 Å². The molecule has 0 radical (unpaired) electrons. The first kappa shape index (κ1) is 13.6. The SMILES string of the molecule is CS(=O)(=O)c1ccc(NC(=O)c2ccccc2O)s1. The third-order valence-corrected chi connectivity index (χ3v) is 5.15. The van der Waals surface area contributed by atoms with Crippen molar-refractivity contribution >= 4 is 32.1 Å². The Morgan fingerprint density at radius 1 is 1.21 bits per heavy atom. The van der Waals surface area contributed by atoms with Crippen LogP contribution in [0.25, 0.3) is 0 Å². The highest BCUT2D eigenvalue weighted by atomic mass is 32.2. The summed E-state index contributed by atoms with van der Waals surface area (Å²) >= 11 is 0.967. The van der Waals surface area contributed by atoms with Crippen LogP contribution in [-0.4, -0.2) is 25.7 Å². The molecule has 0 bridgehead atoms. The molecule has 0 unspecified atom stereocenters. The number of nitrogens with one attached hydrogen (secondary N) is 1. The molecule has 1 amide bonds. The second kappa shape index (κ2) is 5.02. The van der Waals surface area contributed by atoms with Crippen LogP contribution in [0.15, 0.2) is 40.6 Å². The van der Waals surface area contributed by atoms with E-state index < -0.39 is 15.7 Å². The molecule has 0 saturated carbocycles. The van der Waals surface area contributed by atoms with Crippen LogP contribution in [0.1, 0.15) is 10.4 Å². The van der Waals surface area contributed by atoms with Gasteiger partial charge in [-0.05, 0) is 24.3 Å². The molecule has 7 heteroatoms. The third kappa shape index (κ3) is 3.12. The lowest BCUT2D eigenvalue weighted by Crippen LogP contribution is -2.10. The van der Waals surface area contributed by atoms with Crippen molar-refractivity contribution in [1.29, 1.82) is 0 Å². The Balaban J connectivity index is 2.21. The van der Waals surface area contributed by atoms with Crippen molar-refractivity contribution in [1.82, 2.24) is 0 Å². The smallest absolute Gasteiger partial charge is 0.260 e. The number of thiophene rings is 1. The molecule has 0 saturated heterocycles. The Morgan fingerprint density at radius 3 is 2.47 bits per heavy atom. The van der Waals surface area contributed by atoms with Gasteiger partial charge in [-0.1, -0.05) is 12.1 Å². The van der Waals surface area contributed by atoms with Gasteiger partial charge in [0.05, 0.1) is 10.6 Å². The minimum atomic E-state index is -3.27. The van der Waals surface area contributed by atoms with E-state index in [0.29, 0.717) is 5.00 Å². The van der Waals surface area contributed by atoms with Gasteiger partial charge in [-0.2, -0.15) is 0 Å². The molecule has 0 atom stereocenters. The van der Waals surface area contributed by atoms with Crippen molar-refractivity contribution < 1.29 is 18.3 Å². The minimum Gasteiger partial charge on any atom is -0.507 e. The Hall–Kier alpha value is -1.86. The number of carbonyl (C=O) groups is 1. The molecule has 0 aliphatic rings. The zero-order chi connectivity index (χ0) is 14.0. The second-order valence-electron chi connectivity index (χ2n) is 3.86. The number of phenolic OH excluding ortho intramolecular Hbond substituents is 1. The van der Waals surface area contributed by atoms with Crippen molar-refractivity contribution in [3.63, 3.8) is 0 Å². The zero-order valence-electron chi connectivity index (χ0n) is 9.95. The summed E-state index contributed by atoms with van der Waals surface area (Å²) in [5.74, 6) is -0.611. The van der Waals surface area contributed by atoms with Crippen LogP contribution < -0.4 is 5.32 Å². The summed E-state index contributed by atoms with van der Waals surface area (Å²) in [6.07, 6.45) is 1.10. The number of hydrogen-bond donors (Lipinski definition) is 2. The fourth-order valence-electron chi connectivity index (χ4n) is 1.43. The molecule has 5 nitrogen and oxygen atoms in total. The number of amides is 1. The monoisotopic (exact) mass is 297 g/mol. The van der Waals surface area contributed by atoms with Gasteiger partial charge in [0.1, 0.15) is 9.96 Å². The summed E-state index contributed by atoms with van der Waals surface area (Å²) in [6, 6.07) is 9.07. The molecule has 1 heterocycles. The maximum absolute atomic E-state index is 11.9. The fourth-order valence-corrected chi connectivity index (χ4v) is 3.25. The summed E-state index contributed by atoms with van der Waals surface area (Å²) in [6.45, 7) is 0. The molecular formula is C12H11NO4S2. The topological polar surface area (TPSA) is 83.5 Å². The maximum atomic E-state index is 11.9. The van der Waals surface area contributed by atoms with Crippen LogP contribution in [0.3, 0.4) is 0 Å². The summed E-state index contributed by atoms with van der Waals surface area (Å²) in [5, 5.41) is 12.5. The van der Waals surface area contributed by atoms with Crippen LogP contribution in [0.5, 0.6) is 5.75 Å². The first-order valence-electron chi connectivity index (χ1n) is 5.27. The van der Waals surface area contributed by atoms with E-state index in [0.717, 1.165) is 17.6 Å². The molecule has 2 N–H and O–H groups in total. The Bertz CT molecular complexity index is 719. The predicted octanol–water partition coefficient (Wildman–Crippen LogP) is 2.11. The van der Waals surface area contributed by atoms with Crippen LogP contribution in [0.4, 0.5) is 5.00 Å². The largest absolute Gasteiger partial charge is 0.507 e. The molecule has 1 aromatic heterocycles. The highest BCUT2D eigenvalue weighted by Crippen LogP contribution is 2.27. The Morgan fingerprint density at radius 2 is 1.89 bits per heavy atom. The number of hydrogen-bond acceptors (Lipinski definition) is 5. The molecule has 2 rings (SSSR count). The van der Waals surface area contributed by atoms with Crippen LogP contribution in [-0.2, 0) is 9.84 Å². The van der Waals surface area contributed by atoms with Crippen molar-refractivity contribution in [2.75, 3.05) is 11.6 Å². The number of aromatic hydroxyl groups is 1. The van der Waals surface area contributed by atoms with Gasteiger partial charge in [0.25, 0.3) is 5.91 Å². The van der Waals surface area contributed by atoms with Crippen molar-refractivity contribution in [3.05, 3.63) is 42.0 Å². The van der Waals surface area contributed by atoms with E-state index in [1.54, 1.807) is 12.1 Å². The van der Waals surface area contributed by atoms with Gasteiger partial charge in [0.15, 0.2) is 9.84 Å². The Kier molecular flexibility index (Phi) is 3.59. The lowest BCUT2D eigenvalue weighted by molar-refractivity contribution is 0.102. The average molecular weight is 297 g/mol. The van der Waals surface area contributed by atoms with E-state index in [1.807, 2.05) is 0 Å². The van der Waals surface area contributed by atoms with Gasteiger partial charge >= 0.3 is 0 Å². The standard InChI is InChI=1S/C12H11NO4S2/c1-19(16,17)11-7-6-10(18-11)13-12(15)8-4-2-3-5-9(8)14/h2-7,14H,1H3,(H,13,15). The van der Waals surface area contributed by atoms with Crippen molar-refractivity contribution in [2.45, 2.75) is 4.21 Å². The number of carbonyl (C=O) groups excluding carboxylic acids is 1. The highest BCUT2D eigenvalue weighted by Gasteiger charge is 2.14. The van der Waals surface area contributed by atoms with E-state index in [1.165, 1.54) is 24.3 Å². The first-order valence-corrected chi connectivity index (χ1v) is 7.98. The molecule has 0 spiro atoms. The van der Waals surface area contributed by atoms with Gasteiger partial charge in [0.2, 0.25) is 0 Å². The lowest BCUT2D eigenvalue weighted by Gasteiger charge is -2.04. The van der Waals surface area contributed by atoms with E-state index in [-0.39, 0.29) is 15.5 Å². The highest BCUT2D eigenvalue weighted by molar-refractivity contribution is 7.92. The first-order chi connectivity index (χ1) is 8.88. The summed E-state index contributed by atoms with van der Waals surface area (Å²) in [4.78, 5) is 11.9. The minimum absolute atomic E-state index is 0.125. The number of rotatable bonds is 3. The number of para-hydroxylation sites is 1. The molecule has 2 aromatic rings. The molecule has 19 heavy (non-hydrogen) atoms. The fraction of sp³-hybridized carbons (Fsp3) is 0.0833. The van der Waals surface area contributed by atoms with Crippen LogP contribution >= 0.6 is 11.3 Å². The van der Waals surface area contributed by atoms with Gasteiger partial charge in [-0.25, -0.2) is 8.42 Å². The normalized spacial score (nSPS) is 11.2. The molecule has 1 aromatic carbocycles. The summed E-state index contributed by atoms with van der Waals surface area (Å²) in [7, 11) is -3.27. The number of phenols is 1. The number of anilines is 1. The van der Waals surface area contributed by atoms with Gasteiger partial charge in [-0.15, -0.1) is 11.3 Å². The molecule has 0 fully saturated rings. The summed E-state index contributed by atoms with van der Waals surface area (Å²) < 4.78 is 22.8.